The van der Waals surface area contributed by atoms with Crippen molar-refractivity contribution in [2.75, 3.05) is 14.2 Å². The molecule has 0 unspecified atom stereocenters. The second-order valence-electron chi connectivity index (χ2n) is 1.94. The molecule has 64 valence electrons. The molecule has 0 amide bonds. The normalized spacial score (nSPS) is 9.17. The molecule has 0 aromatic carbocycles. The fourth-order valence-electron chi connectivity index (χ4n) is 0.649. The lowest BCUT2D eigenvalue weighted by Crippen LogP contribution is -2.05. The molecule has 0 atom stereocenters. The van der Waals surface area contributed by atoms with E-state index in [1.54, 1.807) is 0 Å². The maximum Gasteiger partial charge on any atom is 0.358 e. The second kappa shape index (κ2) is 3.66. The Hall–Kier alpha value is -1.65. The first-order chi connectivity index (χ1) is 5.77. The molecule has 0 aliphatic rings. The average molecular weight is 168 g/mol. The van der Waals surface area contributed by atoms with E-state index in [4.69, 9.17) is 4.74 Å². The van der Waals surface area contributed by atoms with Crippen molar-refractivity contribution in [2.24, 2.45) is 0 Å². The molecule has 0 saturated heterocycles. The van der Waals surface area contributed by atoms with Crippen molar-refractivity contribution in [2.45, 2.75) is 0 Å². The third-order valence-corrected chi connectivity index (χ3v) is 1.22. The third kappa shape index (κ3) is 1.69. The Morgan fingerprint density at radius 3 is 2.75 bits per heavy atom. The molecule has 1 aromatic rings. The van der Waals surface area contributed by atoms with Crippen LogP contribution in [0.25, 0.3) is 0 Å². The predicted octanol–water partition coefficient (Wildman–Crippen LogP) is 0.272. The van der Waals surface area contributed by atoms with Crippen LogP contribution >= 0.6 is 0 Å². The second-order valence-corrected chi connectivity index (χ2v) is 1.94. The number of hydrogen-bond acceptors (Lipinski definition) is 5. The number of hydrogen-bond donors (Lipinski definition) is 0. The Kier molecular flexibility index (Phi) is 2.57. The van der Waals surface area contributed by atoms with Crippen LogP contribution in [0.15, 0.2) is 12.4 Å². The van der Waals surface area contributed by atoms with Gasteiger partial charge in [-0.1, -0.05) is 0 Å². The zero-order valence-corrected chi connectivity index (χ0v) is 6.77. The Balaban J connectivity index is 2.93. The summed E-state index contributed by atoms with van der Waals surface area (Å²) in [6, 6.07) is 0. The van der Waals surface area contributed by atoms with E-state index in [9.17, 15) is 4.79 Å². The van der Waals surface area contributed by atoms with Gasteiger partial charge in [0.05, 0.1) is 26.6 Å². The Morgan fingerprint density at radius 1 is 1.42 bits per heavy atom. The number of ether oxygens (including phenoxy) is 2. The van der Waals surface area contributed by atoms with Gasteiger partial charge >= 0.3 is 5.97 Å². The fourth-order valence-corrected chi connectivity index (χ4v) is 0.649. The molecule has 5 heteroatoms. The minimum atomic E-state index is -0.526. The number of methoxy groups -OCH3 is 2. The zero-order valence-electron chi connectivity index (χ0n) is 6.77. The van der Waals surface area contributed by atoms with Crippen LogP contribution in [0.2, 0.25) is 0 Å². The van der Waals surface area contributed by atoms with E-state index < -0.39 is 5.97 Å². The summed E-state index contributed by atoms with van der Waals surface area (Å²) in [4.78, 5) is 18.4. The molecule has 0 aliphatic heterocycles. The summed E-state index contributed by atoms with van der Waals surface area (Å²) >= 11 is 0. The van der Waals surface area contributed by atoms with E-state index in [-0.39, 0.29) is 11.6 Å². The van der Waals surface area contributed by atoms with E-state index in [0.717, 1.165) is 0 Å². The van der Waals surface area contributed by atoms with Crippen LogP contribution in [0.3, 0.4) is 0 Å². The lowest BCUT2D eigenvalue weighted by molar-refractivity contribution is 0.0592. The van der Waals surface area contributed by atoms with Gasteiger partial charge in [0.2, 0.25) is 5.88 Å². The monoisotopic (exact) mass is 168 g/mol. The topological polar surface area (TPSA) is 61.3 Å². The maximum absolute atomic E-state index is 10.9. The molecular weight excluding hydrogens is 160 g/mol. The van der Waals surface area contributed by atoms with Crippen LogP contribution in [-0.2, 0) is 4.74 Å². The van der Waals surface area contributed by atoms with E-state index in [1.807, 2.05) is 0 Å². The highest BCUT2D eigenvalue weighted by Gasteiger charge is 2.07. The van der Waals surface area contributed by atoms with Crippen molar-refractivity contribution in [3.05, 3.63) is 18.1 Å². The minimum absolute atomic E-state index is 0.136. The number of nitrogens with zero attached hydrogens (tertiary/aromatic N) is 2. The maximum atomic E-state index is 10.9. The molecule has 0 spiro atoms. The minimum Gasteiger partial charge on any atom is -0.480 e. The van der Waals surface area contributed by atoms with Gasteiger partial charge in [0.25, 0.3) is 0 Å². The SMILES string of the molecule is COC(=O)c1cncc(OC)n1. The highest BCUT2D eigenvalue weighted by atomic mass is 16.5. The van der Waals surface area contributed by atoms with E-state index in [2.05, 4.69) is 14.7 Å². The summed E-state index contributed by atoms with van der Waals surface area (Å²) in [6.07, 6.45) is 2.72. The summed E-state index contributed by atoms with van der Waals surface area (Å²) in [6.45, 7) is 0. The predicted molar refractivity (Wildman–Crippen MR) is 39.9 cm³/mol. The van der Waals surface area contributed by atoms with E-state index >= 15 is 0 Å². The fraction of sp³-hybridized carbons (Fsp3) is 0.286. The van der Waals surface area contributed by atoms with Crippen LogP contribution in [-0.4, -0.2) is 30.2 Å². The summed E-state index contributed by atoms with van der Waals surface area (Å²) in [5.74, 6) is -0.237. The Labute approximate surface area is 69.4 Å². The van der Waals surface area contributed by atoms with Crippen molar-refractivity contribution in [1.82, 2.24) is 9.97 Å². The van der Waals surface area contributed by atoms with Gasteiger partial charge in [-0.25, -0.2) is 9.78 Å². The standard InChI is InChI=1S/C7H8N2O3/c1-11-6-4-8-3-5(9-6)7(10)12-2/h3-4H,1-2H3. The van der Waals surface area contributed by atoms with Crippen molar-refractivity contribution in [1.29, 1.82) is 0 Å². The molecule has 0 fully saturated rings. The first-order valence-corrected chi connectivity index (χ1v) is 3.22. The molecule has 0 saturated carbocycles. The number of rotatable bonds is 2. The van der Waals surface area contributed by atoms with Crippen LogP contribution in [0.4, 0.5) is 0 Å². The largest absolute Gasteiger partial charge is 0.480 e. The molecule has 5 nitrogen and oxygen atoms in total. The van der Waals surface area contributed by atoms with Crippen molar-refractivity contribution in [3.8, 4) is 5.88 Å². The summed E-state index contributed by atoms with van der Waals surface area (Å²) in [7, 11) is 2.73. The van der Waals surface area contributed by atoms with Crippen molar-refractivity contribution < 1.29 is 14.3 Å². The molecule has 1 aromatic heterocycles. The molecule has 12 heavy (non-hydrogen) atoms. The first kappa shape index (κ1) is 8.45. The van der Waals surface area contributed by atoms with Crippen LogP contribution in [0, 0.1) is 0 Å². The summed E-state index contributed by atoms with van der Waals surface area (Å²) in [5.41, 5.74) is 0.136. The molecule has 0 N–H and O–H groups in total. The highest BCUT2D eigenvalue weighted by Crippen LogP contribution is 2.04. The Bertz CT molecular complexity index is 288. The van der Waals surface area contributed by atoms with Gasteiger partial charge in [0.1, 0.15) is 0 Å². The van der Waals surface area contributed by atoms with Gasteiger partial charge in [0.15, 0.2) is 5.69 Å². The summed E-state index contributed by atoms with van der Waals surface area (Å²) in [5, 5.41) is 0. The average Bonchev–Trinajstić information content (AvgIpc) is 2.17. The molecule has 0 radical (unpaired) electrons. The number of aromatic nitrogens is 2. The number of esters is 1. The lowest BCUT2D eigenvalue weighted by Gasteiger charge is -1.99. The number of carbonyl (C=O) groups excluding carboxylic acids is 1. The van der Waals surface area contributed by atoms with Crippen LogP contribution in [0.5, 0.6) is 5.88 Å². The van der Waals surface area contributed by atoms with Gasteiger partial charge in [-0.15, -0.1) is 0 Å². The molecule has 0 aliphatic carbocycles. The highest BCUT2D eigenvalue weighted by molar-refractivity contribution is 5.86. The third-order valence-electron chi connectivity index (χ3n) is 1.22. The van der Waals surface area contributed by atoms with Gasteiger partial charge in [0, 0.05) is 0 Å². The first-order valence-electron chi connectivity index (χ1n) is 3.22. The van der Waals surface area contributed by atoms with E-state index in [0.29, 0.717) is 0 Å². The quantitative estimate of drug-likeness (QED) is 0.593. The molecular formula is C7H8N2O3. The molecule has 0 bridgehead atoms. The van der Waals surface area contributed by atoms with Gasteiger partial charge in [-0.2, -0.15) is 0 Å². The Morgan fingerprint density at radius 2 is 2.17 bits per heavy atom. The smallest absolute Gasteiger partial charge is 0.358 e. The lowest BCUT2D eigenvalue weighted by atomic mass is 10.4. The molecule has 1 heterocycles. The van der Waals surface area contributed by atoms with Crippen LogP contribution < -0.4 is 4.74 Å². The molecule has 1 rings (SSSR count). The van der Waals surface area contributed by atoms with Gasteiger partial charge < -0.3 is 9.47 Å². The van der Waals surface area contributed by atoms with Gasteiger partial charge in [-0.05, 0) is 0 Å². The van der Waals surface area contributed by atoms with Crippen molar-refractivity contribution in [3.63, 3.8) is 0 Å². The summed E-state index contributed by atoms with van der Waals surface area (Å²) < 4.78 is 9.21. The van der Waals surface area contributed by atoms with Gasteiger partial charge in [-0.3, -0.25) is 4.98 Å². The number of carbonyl (C=O) groups is 1. The van der Waals surface area contributed by atoms with Crippen molar-refractivity contribution >= 4 is 5.97 Å². The van der Waals surface area contributed by atoms with Crippen LogP contribution in [0.1, 0.15) is 10.5 Å². The van der Waals surface area contributed by atoms with E-state index in [1.165, 1.54) is 26.6 Å². The zero-order chi connectivity index (χ0) is 8.97.